The molecule has 0 unspecified atom stereocenters. The van der Waals surface area contributed by atoms with E-state index < -0.39 is 0 Å². The molecule has 0 fully saturated rings. The maximum atomic E-state index is 12.1. The van der Waals surface area contributed by atoms with Crippen LogP contribution in [0.2, 0.25) is 10.2 Å². The SMILES string of the molecule is O=C(NCc1cccc2c1OCO2)c1cnc(Cl)c(Cl)c1. The second-order valence-corrected chi connectivity index (χ2v) is 5.10. The van der Waals surface area contributed by atoms with E-state index in [-0.39, 0.29) is 22.9 Å². The highest BCUT2D eigenvalue weighted by Gasteiger charge is 2.17. The maximum Gasteiger partial charge on any atom is 0.253 e. The van der Waals surface area contributed by atoms with Crippen LogP contribution in [0, 0.1) is 0 Å². The maximum absolute atomic E-state index is 12.1. The lowest BCUT2D eigenvalue weighted by Gasteiger charge is -2.08. The highest BCUT2D eigenvalue weighted by molar-refractivity contribution is 6.41. The van der Waals surface area contributed by atoms with E-state index in [1.54, 1.807) is 0 Å². The summed E-state index contributed by atoms with van der Waals surface area (Å²) >= 11 is 11.6. The van der Waals surface area contributed by atoms with Crippen LogP contribution in [0.15, 0.2) is 30.5 Å². The molecule has 2 aromatic rings. The Balaban J connectivity index is 1.72. The van der Waals surface area contributed by atoms with Crippen LogP contribution in [0.4, 0.5) is 0 Å². The van der Waals surface area contributed by atoms with Gasteiger partial charge in [-0.15, -0.1) is 0 Å². The third-order valence-electron chi connectivity index (χ3n) is 2.98. The number of fused-ring (bicyclic) bond motifs is 1. The number of hydrogen-bond donors (Lipinski definition) is 1. The summed E-state index contributed by atoms with van der Waals surface area (Å²) in [6, 6.07) is 6.99. The molecular weight excluding hydrogens is 315 g/mol. The molecule has 0 saturated carbocycles. The summed E-state index contributed by atoms with van der Waals surface area (Å²) in [4.78, 5) is 15.9. The number of amides is 1. The van der Waals surface area contributed by atoms with Crippen LogP contribution in [0.1, 0.15) is 15.9 Å². The van der Waals surface area contributed by atoms with Gasteiger partial charge in [0.2, 0.25) is 6.79 Å². The van der Waals surface area contributed by atoms with Gasteiger partial charge in [0.25, 0.3) is 5.91 Å². The minimum Gasteiger partial charge on any atom is -0.454 e. The zero-order valence-corrected chi connectivity index (χ0v) is 12.2. The van der Waals surface area contributed by atoms with Crippen LogP contribution < -0.4 is 14.8 Å². The van der Waals surface area contributed by atoms with E-state index in [4.69, 9.17) is 32.7 Å². The predicted molar refractivity (Wildman–Crippen MR) is 78.0 cm³/mol. The Hall–Kier alpha value is -1.98. The van der Waals surface area contributed by atoms with E-state index in [0.717, 1.165) is 5.56 Å². The minimum absolute atomic E-state index is 0.166. The third-order valence-corrected chi connectivity index (χ3v) is 3.66. The molecule has 0 spiro atoms. The Kier molecular flexibility index (Phi) is 3.86. The molecule has 0 bridgehead atoms. The quantitative estimate of drug-likeness (QED) is 0.881. The summed E-state index contributed by atoms with van der Waals surface area (Å²) in [5, 5.41) is 3.18. The average molecular weight is 325 g/mol. The first-order valence-corrected chi connectivity index (χ1v) is 6.87. The summed E-state index contributed by atoms with van der Waals surface area (Å²) in [7, 11) is 0. The summed E-state index contributed by atoms with van der Waals surface area (Å²) in [6.07, 6.45) is 1.37. The number of halogens is 2. The number of ether oxygens (including phenoxy) is 2. The number of aromatic nitrogens is 1. The Labute approximate surface area is 130 Å². The number of rotatable bonds is 3. The zero-order chi connectivity index (χ0) is 14.8. The van der Waals surface area contributed by atoms with Gasteiger partial charge in [-0.25, -0.2) is 4.98 Å². The van der Waals surface area contributed by atoms with Crippen molar-refractivity contribution < 1.29 is 14.3 Å². The van der Waals surface area contributed by atoms with Gasteiger partial charge in [0, 0.05) is 18.3 Å². The highest BCUT2D eigenvalue weighted by Crippen LogP contribution is 2.35. The summed E-state index contributed by atoms with van der Waals surface area (Å²) in [5.74, 6) is 1.04. The van der Waals surface area contributed by atoms with Gasteiger partial charge >= 0.3 is 0 Å². The number of carbonyl (C=O) groups excluding carboxylic acids is 1. The summed E-state index contributed by atoms with van der Waals surface area (Å²) in [6.45, 7) is 0.503. The van der Waals surface area contributed by atoms with Crippen molar-refractivity contribution in [1.82, 2.24) is 10.3 Å². The van der Waals surface area contributed by atoms with Crippen LogP contribution in [-0.4, -0.2) is 17.7 Å². The fourth-order valence-corrected chi connectivity index (χ4v) is 2.22. The Morgan fingerprint density at radius 3 is 3.00 bits per heavy atom. The molecule has 0 radical (unpaired) electrons. The smallest absolute Gasteiger partial charge is 0.253 e. The second-order valence-electron chi connectivity index (χ2n) is 4.33. The van der Waals surface area contributed by atoms with Gasteiger partial charge in [-0.2, -0.15) is 0 Å². The number of nitrogens with one attached hydrogen (secondary N) is 1. The normalized spacial score (nSPS) is 12.3. The van der Waals surface area contributed by atoms with E-state index in [0.29, 0.717) is 23.6 Å². The molecular formula is C14H10Cl2N2O3. The first-order chi connectivity index (χ1) is 10.1. The molecule has 1 amide bonds. The number of benzene rings is 1. The van der Waals surface area contributed by atoms with Crippen LogP contribution in [-0.2, 0) is 6.54 Å². The molecule has 5 nitrogen and oxygen atoms in total. The molecule has 21 heavy (non-hydrogen) atoms. The van der Waals surface area contributed by atoms with Crippen molar-refractivity contribution in [3.05, 3.63) is 51.8 Å². The molecule has 0 aliphatic carbocycles. The molecule has 1 aromatic heterocycles. The standard InChI is InChI=1S/C14H10Cl2N2O3/c15-10-4-9(6-17-13(10)16)14(19)18-5-8-2-1-3-11-12(8)21-7-20-11/h1-4,6H,5,7H2,(H,18,19). The van der Waals surface area contributed by atoms with Gasteiger partial charge in [-0.1, -0.05) is 35.3 Å². The first kappa shape index (κ1) is 14.0. The van der Waals surface area contributed by atoms with Gasteiger partial charge in [-0.3, -0.25) is 4.79 Å². The summed E-state index contributed by atoms with van der Waals surface area (Å²) in [5.41, 5.74) is 1.18. The molecule has 108 valence electrons. The van der Waals surface area contributed by atoms with E-state index in [2.05, 4.69) is 10.3 Å². The molecule has 3 rings (SSSR count). The molecule has 0 atom stereocenters. The number of nitrogens with zero attached hydrogens (tertiary/aromatic N) is 1. The number of hydrogen-bond acceptors (Lipinski definition) is 4. The lowest BCUT2D eigenvalue weighted by Crippen LogP contribution is -2.23. The molecule has 2 heterocycles. The molecule has 1 aromatic carbocycles. The Morgan fingerprint density at radius 1 is 1.33 bits per heavy atom. The minimum atomic E-state index is -0.294. The first-order valence-electron chi connectivity index (χ1n) is 6.12. The van der Waals surface area contributed by atoms with Crippen molar-refractivity contribution in [2.24, 2.45) is 0 Å². The van der Waals surface area contributed by atoms with E-state index >= 15 is 0 Å². The van der Waals surface area contributed by atoms with Crippen LogP contribution in [0.5, 0.6) is 11.5 Å². The molecule has 7 heteroatoms. The molecule has 1 N–H and O–H groups in total. The van der Waals surface area contributed by atoms with Gasteiger partial charge < -0.3 is 14.8 Å². The highest BCUT2D eigenvalue weighted by atomic mass is 35.5. The van der Waals surface area contributed by atoms with E-state index in [9.17, 15) is 4.79 Å². The van der Waals surface area contributed by atoms with Gasteiger partial charge in [-0.05, 0) is 12.1 Å². The fraction of sp³-hybridized carbons (Fsp3) is 0.143. The van der Waals surface area contributed by atoms with E-state index in [1.807, 2.05) is 18.2 Å². The van der Waals surface area contributed by atoms with Crippen LogP contribution in [0.3, 0.4) is 0 Å². The predicted octanol–water partition coefficient (Wildman–Crippen LogP) is 3.05. The monoisotopic (exact) mass is 324 g/mol. The Bertz CT molecular complexity index is 707. The third kappa shape index (κ3) is 2.89. The fourth-order valence-electron chi connectivity index (χ4n) is 1.95. The van der Waals surface area contributed by atoms with Gasteiger partial charge in [0.1, 0.15) is 5.15 Å². The van der Waals surface area contributed by atoms with Gasteiger partial charge in [0.05, 0.1) is 10.6 Å². The Morgan fingerprint density at radius 2 is 2.19 bits per heavy atom. The summed E-state index contributed by atoms with van der Waals surface area (Å²) < 4.78 is 10.7. The average Bonchev–Trinajstić information content (AvgIpc) is 2.96. The van der Waals surface area contributed by atoms with E-state index in [1.165, 1.54) is 12.3 Å². The van der Waals surface area contributed by atoms with Crippen molar-refractivity contribution in [3.63, 3.8) is 0 Å². The molecule has 0 saturated heterocycles. The largest absolute Gasteiger partial charge is 0.454 e. The topological polar surface area (TPSA) is 60.5 Å². The number of para-hydroxylation sites is 1. The van der Waals surface area contributed by atoms with Crippen molar-refractivity contribution in [3.8, 4) is 11.5 Å². The lowest BCUT2D eigenvalue weighted by molar-refractivity contribution is 0.0950. The number of pyridine rings is 1. The van der Waals surface area contributed by atoms with Crippen molar-refractivity contribution in [1.29, 1.82) is 0 Å². The van der Waals surface area contributed by atoms with Gasteiger partial charge in [0.15, 0.2) is 11.5 Å². The van der Waals surface area contributed by atoms with Crippen LogP contribution in [0.25, 0.3) is 0 Å². The lowest BCUT2D eigenvalue weighted by atomic mass is 10.2. The number of carbonyl (C=O) groups is 1. The molecule has 1 aliphatic heterocycles. The van der Waals surface area contributed by atoms with Crippen molar-refractivity contribution in [2.75, 3.05) is 6.79 Å². The van der Waals surface area contributed by atoms with Crippen LogP contribution >= 0.6 is 23.2 Å². The molecule has 1 aliphatic rings. The second kappa shape index (κ2) is 5.79. The van der Waals surface area contributed by atoms with Crippen molar-refractivity contribution >= 4 is 29.1 Å². The zero-order valence-electron chi connectivity index (χ0n) is 10.7. The van der Waals surface area contributed by atoms with Crippen molar-refractivity contribution in [2.45, 2.75) is 6.54 Å².